The maximum atomic E-state index is 12.8. The second-order valence-electron chi connectivity index (χ2n) is 6.97. The Balaban J connectivity index is 1.68. The number of aryl methyl sites for hydroxylation is 2. The van der Waals surface area contributed by atoms with Crippen LogP contribution in [0.4, 0.5) is 5.69 Å². The van der Waals surface area contributed by atoms with Crippen molar-refractivity contribution in [2.45, 2.75) is 32.8 Å². The number of benzene rings is 1. The predicted octanol–water partition coefficient (Wildman–Crippen LogP) is 1.36. The minimum absolute atomic E-state index is 0.142. The smallest absolute Gasteiger partial charge is 0.306 e. The van der Waals surface area contributed by atoms with Gasteiger partial charge in [0.05, 0.1) is 19.1 Å². The maximum Gasteiger partial charge on any atom is 0.306 e. The van der Waals surface area contributed by atoms with Crippen LogP contribution >= 0.6 is 0 Å². The molecule has 0 saturated carbocycles. The Hall–Kier alpha value is -2.41. The third kappa shape index (κ3) is 3.72. The highest BCUT2D eigenvalue weighted by molar-refractivity contribution is 6.09. The van der Waals surface area contributed by atoms with E-state index in [1.165, 1.54) is 0 Å². The van der Waals surface area contributed by atoms with E-state index >= 15 is 0 Å². The Labute approximate surface area is 152 Å². The van der Waals surface area contributed by atoms with Gasteiger partial charge in [-0.15, -0.1) is 0 Å². The zero-order chi connectivity index (χ0) is 18.8. The van der Waals surface area contributed by atoms with Crippen molar-refractivity contribution in [2.24, 2.45) is 5.92 Å². The largest absolute Gasteiger partial charge is 0.481 e. The Kier molecular flexibility index (Phi) is 5.27. The van der Waals surface area contributed by atoms with Crippen molar-refractivity contribution in [1.82, 2.24) is 4.90 Å². The lowest BCUT2D eigenvalue weighted by molar-refractivity contribution is -0.151. The van der Waals surface area contributed by atoms with Gasteiger partial charge in [0.25, 0.3) is 0 Å². The summed E-state index contributed by atoms with van der Waals surface area (Å²) >= 11 is 0. The van der Waals surface area contributed by atoms with Crippen molar-refractivity contribution in [2.75, 3.05) is 31.1 Å². The molecule has 2 saturated heterocycles. The number of anilines is 1. The Morgan fingerprint density at radius 2 is 2.00 bits per heavy atom. The highest BCUT2D eigenvalue weighted by atomic mass is 16.5. The molecule has 2 heterocycles. The van der Waals surface area contributed by atoms with Crippen LogP contribution in [-0.2, 0) is 19.1 Å². The van der Waals surface area contributed by atoms with Gasteiger partial charge in [-0.25, -0.2) is 0 Å². The number of amides is 2. The lowest BCUT2D eigenvalue weighted by atomic mass is 10.1. The lowest BCUT2D eigenvalue weighted by Crippen LogP contribution is -2.49. The average Bonchev–Trinajstić information content (AvgIpc) is 2.98. The molecule has 0 aliphatic carbocycles. The molecule has 2 aliphatic rings. The number of carboxylic acids is 1. The molecular weight excluding hydrogens is 336 g/mol. The summed E-state index contributed by atoms with van der Waals surface area (Å²) in [5.41, 5.74) is 3.08. The molecule has 3 rings (SSSR count). The summed E-state index contributed by atoms with van der Waals surface area (Å²) < 4.78 is 5.40. The lowest BCUT2D eigenvalue weighted by Gasteiger charge is -2.33. The van der Waals surface area contributed by atoms with Gasteiger partial charge in [-0.05, 0) is 43.5 Å². The summed E-state index contributed by atoms with van der Waals surface area (Å²) in [6, 6.07) is 5.86. The molecule has 2 atom stereocenters. The molecule has 1 aromatic carbocycles. The van der Waals surface area contributed by atoms with Crippen LogP contribution in [0.25, 0.3) is 0 Å². The number of carbonyl (C=O) groups is 3. The topological polar surface area (TPSA) is 87.2 Å². The summed E-state index contributed by atoms with van der Waals surface area (Å²) in [5, 5.41) is 8.90. The summed E-state index contributed by atoms with van der Waals surface area (Å²) in [7, 11) is 0. The molecule has 1 aromatic rings. The number of carboxylic acid groups (broad SMARTS) is 1. The Bertz CT molecular complexity index is 733. The third-order valence-electron chi connectivity index (χ3n) is 5.16. The van der Waals surface area contributed by atoms with E-state index in [1.807, 2.05) is 32.0 Å². The van der Waals surface area contributed by atoms with Crippen LogP contribution in [0.2, 0.25) is 0 Å². The third-order valence-corrected chi connectivity index (χ3v) is 5.16. The summed E-state index contributed by atoms with van der Waals surface area (Å²) in [6.45, 7) is 5.44. The first kappa shape index (κ1) is 18.4. The molecule has 7 nitrogen and oxygen atoms in total. The molecule has 26 heavy (non-hydrogen) atoms. The molecule has 140 valence electrons. The van der Waals surface area contributed by atoms with Gasteiger partial charge in [0, 0.05) is 25.3 Å². The van der Waals surface area contributed by atoms with Crippen LogP contribution in [0.5, 0.6) is 0 Å². The fourth-order valence-corrected chi connectivity index (χ4v) is 3.52. The van der Waals surface area contributed by atoms with E-state index in [1.54, 1.807) is 9.80 Å². The maximum absolute atomic E-state index is 12.8. The first-order valence-corrected chi connectivity index (χ1v) is 8.87. The van der Waals surface area contributed by atoms with E-state index in [4.69, 9.17) is 9.84 Å². The number of hydrogen-bond acceptors (Lipinski definition) is 4. The summed E-state index contributed by atoms with van der Waals surface area (Å²) in [5.74, 6) is -2.05. The van der Waals surface area contributed by atoms with Crippen LogP contribution in [0.15, 0.2) is 18.2 Å². The summed E-state index contributed by atoms with van der Waals surface area (Å²) in [4.78, 5) is 39.7. The number of ether oxygens (including phenoxy) is 1. The van der Waals surface area contributed by atoms with Crippen molar-refractivity contribution in [3.05, 3.63) is 29.3 Å². The SMILES string of the molecule is Cc1ccc(N2CC[C@@H](C(=O)N3CCO[C@@H](CC(=O)O)C3)C2=O)cc1C. The highest BCUT2D eigenvalue weighted by Gasteiger charge is 2.41. The van der Waals surface area contributed by atoms with Crippen molar-refractivity contribution in [3.8, 4) is 0 Å². The zero-order valence-corrected chi connectivity index (χ0v) is 15.1. The second-order valence-corrected chi connectivity index (χ2v) is 6.97. The number of carbonyl (C=O) groups excluding carboxylic acids is 2. The minimum Gasteiger partial charge on any atom is -0.481 e. The van der Waals surface area contributed by atoms with Crippen molar-refractivity contribution < 1.29 is 24.2 Å². The van der Waals surface area contributed by atoms with Crippen molar-refractivity contribution in [1.29, 1.82) is 0 Å². The van der Waals surface area contributed by atoms with Gasteiger partial charge in [0.1, 0.15) is 5.92 Å². The van der Waals surface area contributed by atoms with Crippen LogP contribution in [0.1, 0.15) is 24.0 Å². The number of aliphatic carboxylic acids is 1. The van der Waals surface area contributed by atoms with E-state index in [0.29, 0.717) is 26.1 Å². The van der Waals surface area contributed by atoms with Crippen LogP contribution in [0.3, 0.4) is 0 Å². The molecule has 0 radical (unpaired) electrons. The highest BCUT2D eigenvalue weighted by Crippen LogP contribution is 2.28. The second kappa shape index (κ2) is 7.45. The van der Waals surface area contributed by atoms with Crippen molar-refractivity contribution >= 4 is 23.5 Å². The Morgan fingerprint density at radius 1 is 1.23 bits per heavy atom. The van der Waals surface area contributed by atoms with Gasteiger partial charge in [0.15, 0.2) is 0 Å². The normalized spacial score (nSPS) is 23.4. The predicted molar refractivity (Wildman–Crippen MR) is 94.9 cm³/mol. The minimum atomic E-state index is -0.956. The van der Waals surface area contributed by atoms with Gasteiger partial charge in [-0.2, -0.15) is 0 Å². The van der Waals surface area contributed by atoms with Crippen LogP contribution in [0, 0.1) is 19.8 Å². The first-order chi connectivity index (χ1) is 12.4. The van der Waals surface area contributed by atoms with E-state index in [9.17, 15) is 14.4 Å². The van der Waals surface area contributed by atoms with Gasteiger partial charge < -0.3 is 19.6 Å². The number of hydrogen-bond donors (Lipinski definition) is 1. The number of rotatable bonds is 4. The van der Waals surface area contributed by atoms with Gasteiger partial charge in [-0.3, -0.25) is 14.4 Å². The van der Waals surface area contributed by atoms with Gasteiger partial charge in [0.2, 0.25) is 11.8 Å². The van der Waals surface area contributed by atoms with E-state index in [2.05, 4.69) is 0 Å². The molecule has 2 fully saturated rings. The molecule has 2 amide bonds. The molecule has 0 spiro atoms. The van der Waals surface area contributed by atoms with E-state index in [-0.39, 0.29) is 24.8 Å². The fraction of sp³-hybridized carbons (Fsp3) is 0.526. The number of nitrogens with zero attached hydrogens (tertiary/aromatic N) is 2. The summed E-state index contributed by atoms with van der Waals surface area (Å²) in [6.07, 6.45) is -0.180. The molecule has 1 N–H and O–H groups in total. The van der Waals surface area contributed by atoms with E-state index in [0.717, 1.165) is 16.8 Å². The number of morpholine rings is 1. The first-order valence-electron chi connectivity index (χ1n) is 8.87. The molecule has 7 heteroatoms. The van der Waals surface area contributed by atoms with Crippen molar-refractivity contribution in [3.63, 3.8) is 0 Å². The van der Waals surface area contributed by atoms with Gasteiger partial charge >= 0.3 is 5.97 Å². The molecule has 0 bridgehead atoms. The average molecular weight is 360 g/mol. The monoisotopic (exact) mass is 360 g/mol. The molecule has 0 aromatic heterocycles. The molecular formula is C19H24N2O5. The molecule has 0 unspecified atom stereocenters. The van der Waals surface area contributed by atoms with E-state index < -0.39 is 18.0 Å². The standard InChI is InChI=1S/C19H24N2O5/c1-12-3-4-14(9-13(12)2)21-6-5-16(19(21)25)18(24)20-7-8-26-15(11-20)10-17(22)23/h3-4,9,15-16H,5-8,10-11H2,1-2H3,(H,22,23)/t15-,16-/m0/s1. The van der Waals surface area contributed by atoms with Crippen LogP contribution in [-0.4, -0.2) is 60.1 Å². The van der Waals surface area contributed by atoms with Crippen LogP contribution < -0.4 is 4.90 Å². The Morgan fingerprint density at radius 3 is 2.69 bits per heavy atom. The zero-order valence-electron chi connectivity index (χ0n) is 15.1. The fourth-order valence-electron chi connectivity index (χ4n) is 3.52. The quantitative estimate of drug-likeness (QED) is 0.819. The molecule has 2 aliphatic heterocycles. The van der Waals surface area contributed by atoms with Gasteiger partial charge in [-0.1, -0.05) is 6.07 Å².